The lowest BCUT2D eigenvalue weighted by molar-refractivity contribution is -0.138. The number of amides is 1. The van der Waals surface area contributed by atoms with Crippen LogP contribution < -0.4 is 10.5 Å². The number of halogens is 1. The van der Waals surface area contributed by atoms with Crippen molar-refractivity contribution in [2.75, 3.05) is 13.1 Å². The van der Waals surface area contributed by atoms with E-state index in [1.54, 1.807) is 6.92 Å². The van der Waals surface area contributed by atoms with Crippen molar-refractivity contribution in [2.24, 2.45) is 11.7 Å². The van der Waals surface area contributed by atoms with Gasteiger partial charge in [0.2, 0.25) is 0 Å². The van der Waals surface area contributed by atoms with Gasteiger partial charge in [-0.2, -0.15) is 0 Å². The van der Waals surface area contributed by atoms with Crippen LogP contribution in [0.4, 0.5) is 4.39 Å². The van der Waals surface area contributed by atoms with Gasteiger partial charge < -0.3 is 15.4 Å². The Morgan fingerprint density at radius 3 is 2.70 bits per heavy atom. The molecule has 5 heteroatoms. The number of hydrogen-bond acceptors (Lipinski definition) is 3. The van der Waals surface area contributed by atoms with Crippen molar-refractivity contribution in [3.63, 3.8) is 0 Å². The molecule has 1 aliphatic heterocycles. The molecule has 0 aliphatic carbocycles. The van der Waals surface area contributed by atoms with E-state index in [0.29, 0.717) is 24.8 Å². The predicted octanol–water partition coefficient (Wildman–Crippen LogP) is 1.79. The maximum Gasteiger partial charge on any atom is 0.263 e. The second kappa shape index (κ2) is 6.22. The fourth-order valence-corrected chi connectivity index (χ4v) is 2.62. The van der Waals surface area contributed by atoms with Crippen molar-refractivity contribution >= 4 is 5.91 Å². The second-order valence-corrected chi connectivity index (χ2v) is 5.39. The quantitative estimate of drug-likeness (QED) is 0.915. The Bertz CT molecular complexity index is 463. The van der Waals surface area contributed by atoms with E-state index < -0.39 is 6.10 Å². The summed E-state index contributed by atoms with van der Waals surface area (Å²) >= 11 is 0. The monoisotopic (exact) mass is 280 g/mol. The third-order valence-corrected chi connectivity index (χ3v) is 3.75. The maximum absolute atomic E-state index is 12.8. The highest BCUT2D eigenvalue weighted by molar-refractivity contribution is 5.81. The minimum atomic E-state index is -0.584. The van der Waals surface area contributed by atoms with Gasteiger partial charge in [0.1, 0.15) is 11.6 Å². The maximum atomic E-state index is 12.8. The van der Waals surface area contributed by atoms with Crippen molar-refractivity contribution in [2.45, 2.75) is 32.4 Å². The molecule has 20 heavy (non-hydrogen) atoms. The van der Waals surface area contributed by atoms with Crippen LogP contribution in [0.15, 0.2) is 24.3 Å². The predicted molar refractivity (Wildman–Crippen MR) is 74.8 cm³/mol. The lowest BCUT2D eigenvalue weighted by Gasteiger charge is -2.25. The number of likely N-dealkylation sites (tertiary alicyclic amines) is 1. The first-order chi connectivity index (χ1) is 9.51. The van der Waals surface area contributed by atoms with Gasteiger partial charge >= 0.3 is 0 Å². The number of benzene rings is 1. The number of nitrogens with two attached hydrogens (primary N) is 1. The fraction of sp³-hybridized carbons (Fsp3) is 0.533. The second-order valence-electron chi connectivity index (χ2n) is 5.39. The van der Waals surface area contributed by atoms with Crippen molar-refractivity contribution < 1.29 is 13.9 Å². The Kier molecular flexibility index (Phi) is 4.60. The highest BCUT2D eigenvalue weighted by Gasteiger charge is 2.34. The van der Waals surface area contributed by atoms with Gasteiger partial charge in [0.25, 0.3) is 5.91 Å². The van der Waals surface area contributed by atoms with Crippen LogP contribution >= 0.6 is 0 Å². The average Bonchev–Trinajstić information content (AvgIpc) is 2.81. The first-order valence-electron chi connectivity index (χ1n) is 6.94. The molecular formula is C15H21FN2O2. The zero-order valence-corrected chi connectivity index (χ0v) is 11.9. The van der Waals surface area contributed by atoms with Gasteiger partial charge in [-0.1, -0.05) is 0 Å². The van der Waals surface area contributed by atoms with Gasteiger partial charge in [-0.05, 0) is 57.0 Å². The summed E-state index contributed by atoms with van der Waals surface area (Å²) in [4.78, 5) is 14.2. The first-order valence-corrected chi connectivity index (χ1v) is 6.94. The Morgan fingerprint density at radius 1 is 1.50 bits per heavy atom. The van der Waals surface area contributed by atoms with E-state index in [4.69, 9.17) is 10.5 Å². The molecule has 3 unspecified atom stereocenters. The molecule has 3 atom stereocenters. The minimum absolute atomic E-state index is 0.0437. The summed E-state index contributed by atoms with van der Waals surface area (Å²) in [6, 6.07) is 5.87. The highest BCUT2D eigenvalue weighted by atomic mass is 19.1. The third kappa shape index (κ3) is 3.28. The van der Waals surface area contributed by atoms with Crippen LogP contribution in [0.25, 0.3) is 0 Å². The van der Waals surface area contributed by atoms with Gasteiger partial charge in [0, 0.05) is 12.6 Å². The van der Waals surface area contributed by atoms with Crippen LogP contribution in [0, 0.1) is 11.7 Å². The van der Waals surface area contributed by atoms with Crippen molar-refractivity contribution in [3.05, 3.63) is 30.1 Å². The molecule has 110 valence electrons. The number of nitrogens with zero attached hydrogens (tertiary/aromatic N) is 1. The summed E-state index contributed by atoms with van der Waals surface area (Å²) in [6.45, 7) is 5.03. The van der Waals surface area contributed by atoms with E-state index in [1.165, 1.54) is 24.3 Å². The van der Waals surface area contributed by atoms with Crippen molar-refractivity contribution in [1.82, 2.24) is 4.90 Å². The number of ether oxygens (including phenoxy) is 1. The SMILES string of the molecule is CC(Oc1ccc(F)cc1)C(=O)N1CC(CN)CC1C. The fourth-order valence-electron chi connectivity index (χ4n) is 2.62. The molecule has 1 fully saturated rings. The first kappa shape index (κ1) is 14.8. The van der Waals surface area contributed by atoms with E-state index in [-0.39, 0.29) is 17.8 Å². The molecule has 2 N–H and O–H groups in total. The molecule has 1 aliphatic rings. The van der Waals surface area contributed by atoms with Crippen molar-refractivity contribution in [1.29, 1.82) is 0 Å². The summed E-state index contributed by atoms with van der Waals surface area (Å²) in [5.74, 6) is 0.495. The Hall–Kier alpha value is -1.62. The van der Waals surface area contributed by atoms with Crippen LogP contribution in [-0.4, -0.2) is 36.0 Å². The molecular weight excluding hydrogens is 259 g/mol. The van der Waals surface area contributed by atoms with Crippen LogP contribution in [0.5, 0.6) is 5.75 Å². The molecule has 4 nitrogen and oxygen atoms in total. The smallest absolute Gasteiger partial charge is 0.263 e. The van der Waals surface area contributed by atoms with E-state index in [2.05, 4.69) is 0 Å². The number of rotatable bonds is 4. The number of carbonyl (C=O) groups is 1. The molecule has 1 aromatic rings. The lowest BCUT2D eigenvalue weighted by atomic mass is 10.1. The molecule has 0 aromatic heterocycles. The van der Waals surface area contributed by atoms with Gasteiger partial charge in [0.05, 0.1) is 0 Å². The minimum Gasteiger partial charge on any atom is -0.481 e. The number of hydrogen-bond donors (Lipinski definition) is 1. The van der Waals surface area contributed by atoms with Crippen LogP contribution in [0.1, 0.15) is 20.3 Å². The van der Waals surface area contributed by atoms with E-state index in [0.717, 1.165) is 6.42 Å². The summed E-state index contributed by atoms with van der Waals surface area (Å²) < 4.78 is 18.4. The van der Waals surface area contributed by atoms with Gasteiger partial charge in [-0.15, -0.1) is 0 Å². The molecule has 0 saturated carbocycles. The summed E-state index contributed by atoms with van der Waals surface area (Å²) in [6.07, 6.45) is 0.352. The molecule has 1 aromatic carbocycles. The van der Waals surface area contributed by atoms with Crippen LogP contribution in [0.2, 0.25) is 0 Å². The lowest BCUT2D eigenvalue weighted by Crippen LogP contribution is -2.42. The highest BCUT2D eigenvalue weighted by Crippen LogP contribution is 2.24. The molecule has 1 saturated heterocycles. The van der Waals surface area contributed by atoms with E-state index in [9.17, 15) is 9.18 Å². The zero-order chi connectivity index (χ0) is 14.7. The van der Waals surface area contributed by atoms with Crippen LogP contribution in [-0.2, 0) is 4.79 Å². The van der Waals surface area contributed by atoms with Crippen LogP contribution in [0.3, 0.4) is 0 Å². The molecule has 0 radical (unpaired) electrons. The summed E-state index contributed by atoms with van der Waals surface area (Å²) in [7, 11) is 0. The third-order valence-electron chi connectivity index (χ3n) is 3.75. The van der Waals surface area contributed by atoms with Gasteiger partial charge in [-0.25, -0.2) is 4.39 Å². The topological polar surface area (TPSA) is 55.6 Å². The molecule has 1 heterocycles. The van der Waals surface area contributed by atoms with E-state index >= 15 is 0 Å². The summed E-state index contributed by atoms with van der Waals surface area (Å²) in [5, 5.41) is 0. The Balaban J connectivity index is 1.96. The molecule has 0 spiro atoms. The largest absolute Gasteiger partial charge is 0.481 e. The van der Waals surface area contributed by atoms with Crippen molar-refractivity contribution in [3.8, 4) is 5.75 Å². The Labute approximate surface area is 118 Å². The van der Waals surface area contributed by atoms with Gasteiger partial charge in [0.15, 0.2) is 6.10 Å². The summed E-state index contributed by atoms with van der Waals surface area (Å²) in [5.41, 5.74) is 5.67. The molecule has 2 rings (SSSR count). The average molecular weight is 280 g/mol. The molecule has 1 amide bonds. The standard InChI is InChI=1S/C15H21FN2O2/c1-10-7-12(8-17)9-18(10)15(19)11(2)20-14-5-3-13(16)4-6-14/h3-6,10-12H,7-9,17H2,1-2H3. The molecule has 0 bridgehead atoms. The Morgan fingerprint density at radius 2 is 2.15 bits per heavy atom. The van der Waals surface area contributed by atoms with E-state index in [1.807, 2.05) is 11.8 Å². The zero-order valence-electron chi connectivity index (χ0n) is 11.9. The normalized spacial score (nSPS) is 23.7. The van der Waals surface area contributed by atoms with Gasteiger partial charge in [-0.3, -0.25) is 4.79 Å². The number of carbonyl (C=O) groups excluding carboxylic acids is 1.